The monoisotopic (exact) mass is 172 g/mol. The predicted octanol–water partition coefficient (Wildman–Crippen LogP) is 2.14. The van der Waals surface area contributed by atoms with Crippen LogP contribution in [0.2, 0.25) is 0 Å². The maximum atomic E-state index is 5.45. The minimum atomic E-state index is -0.968. The molecule has 0 spiro atoms. The van der Waals surface area contributed by atoms with Crippen molar-refractivity contribution in [2.75, 3.05) is 19.0 Å². The Bertz CT molecular complexity index is 202. The normalized spacial score (nSPS) is 40.6. The molecule has 0 amide bonds. The summed E-state index contributed by atoms with van der Waals surface area (Å²) in [5, 5.41) is 0. The van der Waals surface area contributed by atoms with Gasteiger partial charge in [-0.3, -0.25) is 0 Å². The summed E-state index contributed by atoms with van der Waals surface area (Å²) in [6.07, 6.45) is 10.3. The van der Waals surface area contributed by atoms with E-state index in [0.29, 0.717) is 5.92 Å². The SMILES string of the molecule is C#CC1CCCP(C)(=S)C1. The first-order chi connectivity index (χ1) is 4.64. The van der Waals surface area contributed by atoms with Crippen molar-refractivity contribution in [3.05, 3.63) is 0 Å². The van der Waals surface area contributed by atoms with Gasteiger partial charge in [0.25, 0.3) is 0 Å². The molecule has 0 N–H and O–H groups in total. The lowest BCUT2D eigenvalue weighted by Gasteiger charge is -2.26. The fourth-order valence-electron chi connectivity index (χ4n) is 1.46. The van der Waals surface area contributed by atoms with Gasteiger partial charge >= 0.3 is 0 Å². The molecule has 0 aromatic carbocycles. The molecule has 0 aromatic heterocycles. The average Bonchev–Trinajstić information content (AvgIpc) is 1.86. The molecule has 2 unspecified atom stereocenters. The molecule has 1 saturated heterocycles. The molecule has 1 rings (SSSR count). The Morgan fingerprint density at radius 3 is 2.80 bits per heavy atom. The summed E-state index contributed by atoms with van der Waals surface area (Å²) in [6, 6.07) is -0.968. The van der Waals surface area contributed by atoms with Crippen LogP contribution in [0.5, 0.6) is 0 Å². The molecular weight excluding hydrogens is 159 g/mol. The summed E-state index contributed by atoms with van der Waals surface area (Å²) in [5.41, 5.74) is 0. The lowest BCUT2D eigenvalue weighted by molar-refractivity contribution is 0.640. The van der Waals surface area contributed by atoms with Crippen LogP contribution < -0.4 is 0 Å². The van der Waals surface area contributed by atoms with Crippen LogP contribution in [0.25, 0.3) is 0 Å². The first kappa shape index (κ1) is 8.31. The summed E-state index contributed by atoms with van der Waals surface area (Å²) in [5.74, 6) is 3.32. The second-order valence-corrected chi connectivity index (χ2v) is 9.26. The van der Waals surface area contributed by atoms with Gasteiger partial charge < -0.3 is 0 Å². The van der Waals surface area contributed by atoms with Gasteiger partial charge in [-0.1, -0.05) is 11.8 Å². The van der Waals surface area contributed by atoms with Gasteiger partial charge in [0.2, 0.25) is 0 Å². The van der Waals surface area contributed by atoms with Crippen LogP contribution in [-0.2, 0) is 11.8 Å². The largest absolute Gasteiger partial charge is 0.120 e. The van der Waals surface area contributed by atoms with E-state index in [-0.39, 0.29) is 0 Å². The molecule has 0 bridgehead atoms. The standard InChI is InChI=1S/C8H13PS/c1-3-8-5-4-6-9(2,10)7-8/h1,8H,4-7H2,2H3. The third-order valence-electron chi connectivity index (χ3n) is 2.03. The van der Waals surface area contributed by atoms with E-state index in [1.165, 1.54) is 19.0 Å². The zero-order valence-electron chi connectivity index (χ0n) is 6.34. The van der Waals surface area contributed by atoms with Gasteiger partial charge in [-0.05, 0) is 37.9 Å². The van der Waals surface area contributed by atoms with Gasteiger partial charge in [-0.2, -0.15) is 0 Å². The number of hydrogen-bond acceptors (Lipinski definition) is 1. The highest BCUT2D eigenvalue weighted by Crippen LogP contribution is 2.48. The third-order valence-corrected chi connectivity index (χ3v) is 5.50. The summed E-state index contributed by atoms with van der Waals surface area (Å²) >= 11 is 5.45. The van der Waals surface area contributed by atoms with Crippen molar-refractivity contribution in [2.24, 2.45) is 5.92 Å². The van der Waals surface area contributed by atoms with Crippen LogP contribution in [0.15, 0.2) is 0 Å². The fraction of sp³-hybridized carbons (Fsp3) is 0.750. The van der Waals surface area contributed by atoms with Crippen molar-refractivity contribution in [1.29, 1.82) is 0 Å². The van der Waals surface area contributed by atoms with Gasteiger partial charge in [0.05, 0.1) is 0 Å². The van der Waals surface area contributed by atoms with Crippen LogP contribution in [0, 0.1) is 18.3 Å². The molecule has 0 aliphatic carbocycles. The molecule has 1 aliphatic heterocycles. The molecule has 56 valence electrons. The molecule has 0 radical (unpaired) electrons. The van der Waals surface area contributed by atoms with E-state index >= 15 is 0 Å². The smallest absolute Gasteiger partial charge is 0.0246 e. The highest BCUT2D eigenvalue weighted by molar-refractivity contribution is 8.14. The quantitative estimate of drug-likeness (QED) is 0.398. The number of hydrogen-bond donors (Lipinski definition) is 0. The predicted molar refractivity (Wildman–Crippen MR) is 51.5 cm³/mol. The Morgan fingerprint density at radius 1 is 1.70 bits per heavy atom. The number of terminal acetylenes is 1. The van der Waals surface area contributed by atoms with Crippen LogP contribution in [0.1, 0.15) is 12.8 Å². The van der Waals surface area contributed by atoms with Crippen molar-refractivity contribution in [3.63, 3.8) is 0 Å². The maximum Gasteiger partial charge on any atom is 0.0246 e. The fourth-order valence-corrected chi connectivity index (χ4v) is 4.64. The second-order valence-electron chi connectivity index (χ2n) is 3.21. The summed E-state index contributed by atoms with van der Waals surface area (Å²) < 4.78 is 0. The summed E-state index contributed by atoms with van der Waals surface area (Å²) in [4.78, 5) is 0. The Labute approximate surface area is 68.4 Å². The molecule has 1 heterocycles. The van der Waals surface area contributed by atoms with Crippen LogP contribution >= 0.6 is 6.04 Å². The average molecular weight is 172 g/mol. The van der Waals surface area contributed by atoms with Gasteiger partial charge in [0, 0.05) is 5.92 Å². The molecule has 2 atom stereocenters. The molecule has 1 aliphatic rings. The van der Waals surface area contributed by atoms with Gasteiger partial charge in [0.1, 0.15) is 0 Å². The van der Waals surface area contributed by atoms with Gasteiger partial charge in [-0.15, -0.1) is 12.3 Å². The van der Waals surface area contributed by atoms with E-state index in [2.05, 4.69) is 12.6 Å². The van der Waals surface area contributed by atoms with E-state index < -0.39 is 6.04 Å². The van der Waals surface area contributed by atoms with Crippen molar-refractivity contribution >= 4 is 17.8 Å². The molecule has 2 heteroatoms. The number of rotatable bonds is 0. The molecule has 0 nitrogen and oxygen atoms in total. The molecule has 0 aromatic rings. The lowest BCUT2D eigenvalue weighted by Crippen LogP contribution is -2.12. The first-order valence-electron chi connectivity index (χ1n) is 3.66. The minimum Gasteiger partial charge on any atom is -0.120 e. The zero-order chi connectivity index (χ0) is 7.61. The molecule has 10 heavy (non-hydrogen) atoms. The zero-order valence-corrected chi connectivity index (χ0v) is 8.05. The van der Waals surface area contributed by atoms with E-state index in [1.54, 1.807) is 0 Å². The Kier molecular flexibility index (Phi) is 2.55. The van der Waals surface area contributed by atoms with E-state index in [9.17, 15) is 0 Å². The molecular formula is C8H13PS. The van der Waals surface area contributed by atoms with E-state index in [1.807, 2.05) is 0 Å². The first-order valence-corrected chi connectivity index (χ1v) is 7.28. The summed E-state index contributed by atoms with van der Waals surface area (Å²) in [6.45, 7) is 2.24. The molecule has 0 saturated carbocycles. The van der Waals surface area contributed by atoms with Gasteiger partial charge in [-0.25, -0.2) is 0 Å². The van der Waals surface area contributed by atoms with E-state index in [0.717, 1.165) is 6.16 Å². The van der Waals surface area contributed by atoms with E-state index in [4.69, 9.17) is 18.2 Å². The van der Waals surface area contributed by atoms with Crippen LogP contribution in [0.4, 0.5) is 0 Å². The van der Waals surface area contributed by atoms with Gasteiger partial charge in [0.15, 0.2) is 0 Å². The maximum absolute atomic E-state index is 5.45. The molecule has 1 fully saturated rings. The topological polar surface area (TPSA) is 0 Å². The highest BCUT2D eigenvalue weighted by Gasteiger charge is 2.21. The Morgan fingerprint density at radius 2 is 2.40 bits per heavy atom. The van der Waals surface area contributed by atoms with Crippen LogP contribution in [-0.4, -0.2) is 19.0 Å². The highest BCUT2D eigenvalue weighted by atomic mass is 32.4. The Hall–Kier alpha value is 0.210. The Balaban J connectivity index is 2.58. The van der Waals surface area contributed by atoms with Crippen molar-refractivity contribution < 1.29 is 0 Å². The van der Waals surface area contributed by atoms with Crippen molar-refractivity contribution in [1.82, 2.24) is 0 Å². The summed E-state index contributed by atoms with van der Waals surface area (Å²) in [7, 11) is 0. The van der Waals surface area contributed by atoms with Crippen LogP contribution in [0.3, 0.4) is 0 Å². The second kappa shape index (κ2) is 3.07. The third kappa shape index (κ3) is 2.11. The lowest BCUT2D eigenvalue weighted by atomic mass is 10.1. The van der Waals surface area contributed by atoms with Crippen molar-refractivity contribution in [3.8, 4) is 12.3 Å². The van der Waals surface area contributed by atoms with Crippen molar-refractivity contribution in [2.45, 2.75) is 12.8 Å². The minimum absolute atomic E-state index is 0.504.